The van der Waals surface area contributed by atoms with Crippen molar-refractivity contribution in [3.8, 4) is 0 Å². The lowest BCUT2D eigenvalue weighted by Crippen LogP contribution is -2.36. The molecule has 4 rings (SSSR count). The molecule has 0 aromatic heterocycles. The quantitative estimate of drug-likeness (QED) is 0.816. The zero-order valence-corrected chi connectivity index (χ0v) is 13.0. The Morgan fingerprint density at radius 2 is 1.82 bits per heavy atom. The van der Waals surface area contributed by atoms with E-state index in [1.807, 2.05) is 11.0 Å². The Balaban J connectivity index is 1.57. The van der Waals surface area contributed by atoms with E-state index in [0.29, 0.717) is 12.3 Å². The van der Waals surface area contributed by atoms with E-state index in [0.717, 1.165) is 24.9 Å². The molecule has 0 fully saturated rings. The molecule has 1 amide bonds. The van der Waals surface area contributed by atoms with Crippen LogP contribution in [0, 0.1) is 0 Å². The van der Waals surface area contributed by atoms with Crippen LogP contribution in [0.3, 0.4) is 0 Å². The van der Waals surface area contributed by atoms with Gasteiger partial charge in [-0.2, -0.15) is 0 Å². The monoisotopic (exact) mass is 291 g/mol. The van der Waals surface area contributed by atoms with Crippen LogP contribution in [-0.4, -0.2) is 11.9 Å². The number of anilines is 1. The molecule has 0 saturated carbocycles. The van der Waals surface area contributed by atoms with Crippen LogP contribution in [0.25, 0.3) is 0 Å². The van der Waals surface area contributed by atoms with E-state index in [2.05, 4.69) is 49.4 Å². The van der Waals surface area contributed by atoms with Gasteiger partial charge >= 0.3 is 0 Å². The lowest BCUT2D eigenvalue weighted by atomic mass is 9.97. The van der Waals surface area contributed by atoms with Crippen LogP contribution >= 0.6 is 0 Å². The molecule has 2 aliphatic rings. The summed E-state index contributed by atoms with van der Waals surface area (Å²) in [4.78, 5) is 14.9. The summed E-state index contributed by atoms with van der Waals surface area (Å²) in [6.07, 6.45) is 3.83. The molecule has 2 heteroatoms. The number of aryl methyl sites for hydroxylation is 1. The number of benzene rings is 2. The fourth-order valence-corrected chi connectivity index (χ4v) is 4.11. The van der Waals surface area contributed by atoms with E-state index in [-0.39, 0.29) is 11.9 Å². The number of hydrogen-bond acceptors (Lipinski definition) is 1. The first-order chi connectivity index (χ1) is 10.7. The number of carbonyl (C=O) groups excluding carboxylic acids is 1. The zero-order chi connectivity index (χ0) is 15.1. The third-order valence-electron chi connectivity index (χ3n) is 5.15. The number of nitrogens with zero attached hydrogens (tertiary/aromatic N) is 1. The van der Waals surface area contributed by atoms with Gasteiger partial charge in [-0.05, 0) is 54.9 Å². The minimum absolute atomic E-state index is 0.277. The van der Waals surface area contributed by atoms with Crippen molar-refractivity contribution in [3.05, 3.63) is 65.2 Å². The van der Waals surface area contributed by atoms with Gasteiger partial charge in [0.05, 0.1) is 0 Å². The molecule has 2 aromatic rings. The van der Waals surface area contributed by atoms with Crippen molar-refractivity contribution in [1.82, 2.24) is 0 Å². The van der Waals surface area contributed by atoms with Gasteiger partial charge in [0.25, 0.3) is 0 Å². The molecule has 22 heavy (non-hydrogen) atoms. The van der Waals surface area contributed by atoms with E-state index < -0.39 is 0 Å². The smallest absolute Gasteiger partial charge is 0.227 e. The Morgan fingerprint density at radius 1 is 1.09 bits per heavy atom. The van der Waals surface area contributed by atoms with Gasteiger partial charge in [-0.25, -0.2) is 0 Å². The predicted octanol–water partition coefficient (Wildman–Crippen LogP) is 4.08. The maximum atomic E-state index is 12.9. The standard InChI is InChI=1S/C20H21NO/c1-14-12-17-7-3-5-9-19(17)21(14)20(22)13-16-11-10-15-6-2-4-8-18(15)16/h2-9,14,16H,10-13H2,1H3. The van der Waals surface area contributed by atoms with Crippen molar-refractivity contribution in [1.29, 1.82) is 0 Å². The highest BCUT2D eigenvalue weighted by molar-refractivity contribution is 5.96. The van der Waals surface area contributed by atoms with Gasteiger partial charge in [0.15, 0.2) is 0 Å². The molecule has 2 nitrogen and oxygen atoms in total. The van der Waals surface area contributed by atoms with E-state index >= 15 is 0 Å². The van der Waals surface area contributed by atoms with Crippen LogP contribution < -0.4 is 4.90 Å². The molecular formula is C20H21NO. The fourth-order valence-electron chi connectivity index (χ4n) is 4.11. The molecule has 1 aliphatic carbocycles. The summed E-state index contributed by atoms with van der Waals surface area (Å²) in [5.74, 6) is 0.669. The Morgan fingerprint density at radius 3 is 2.68 bits per heavy atom. The van der Waals surface area contributed by atoms with Crippen molar-refractivity contribution >= 4 is 11.6 Å². The predicted molar refractivity (Wildman–Crippen MR) is 89.2 cm³/mol. The molecule has 0 saturated heterocycles. The highest BCUT2D eigenvalue weighted by Crippen LogP contribution is 2.38. The van der Waals surface area contributed by atoms with Crippen LogP contribution in [0.15, 0.2) is 48.5 Å². The third kappa shape index (κ3) is 2.14. The number of rotatable bonds is 2. The van der Waals surface area contributed by atoms with E-state index in [9.17, 15) is 4.79 Å². The molecule has 0 spiro atoms. The molecule has 1 aliphatic heterocycles. The van der Waals surface area contributed by atoms with E-state index in [1.165, 1.54) is 16.7 Å². The second-order valence-corrected chi connectivity index (χ2v) is 6.58. The van der Waals surface area contributed by atoms with Crippen LogP contribution in [0.4, 0.5) is 5.69 Å². The van der Waals surface area contributed by atoms with Gasteiger partial charge in [0.1, 0.15) is 0 Å². The van der Waals surface area contributed by atoms with Gasteiger partial charge < -0.3 is 4.90 Å². The normalized spacial score (nSPS) is 22.5. The third-order valence-corrected chi connectivity index (χ3v) is 5.15. The molecule has 0 bridgehead atoms. The fraction of sp³-hybridized carbons (Fsp3) is 0.350. The Kier molecular flexibility index (Phi) is 3.25. The highest BCUT2D eigenvalue weighted by Gasteiger charge is 2.33. The van der Waals surface area contributed by atoms with Crippen molar-refractivity contribution < 1.29 is 4.79 Å². The Hall–Kier alpha value is -2.09. The van der Waals surface area contributed by atoms with Crippen LogP contribution in [-0.2, 0) is 17.6 Å². The van der Waals surface area contributed by atoms with Crippen LogP contribution in [0.2, 0.25) is 0 Å². The maximum Gasteiger partial charge on any atom is 0.227 e. The Bertz CT molecular complexity index is 721. The number of amides is 1. The molecule has 1 heterocycles. The van der Waals surface area contributed by atoms with Crippen LogP contribution in [0.1, 0.15) is 42.4 Å². The summed E-state index contributed by atoms with van der Waals surface area (Å²) in [5, 5.41) is 0. The molecule has 112 valence electrons. The minimum Gasteiger partial charge on any atom is -0.309 e. The molecule has 0 N–H and O–H groups in total. The van der Waals surface area contributed by atoms with Crippen molar-refractivity contribution in [2.75, 3.05) is 4.90 Å². The molecule has 2 atom stereocenters. The first-order valence-corrected chi connectivity index (χ1v) is 8.22. The second kappa shape index (κ2) is 5.28. The Labute approximate surface area is 131 Å². The molecule has 0 radical (unpaired) electrons. The zero-order valence-electron chi connectivity index (χ0n) is 13.0. The largest absolute Gasteiger partial charge is 0.309 e. The van der Waals surface area contributed by atoms with Gasteiger partial charge in [-0.3, -0.25) is 4.79 Å². The summed E-state index contributed by atoms with van der Waals surface area (Å²) < 4.78 is 0. The SMILES string of the molecule is CC1Cc2ccccc2N1C(=O)CC1CCc2ccccc21. The van der Waals surface area contributed by atoms with E-state index in [1.54, 1.807) is 0 Å². The first kappa shape index (κ1) is 13.6. The first-order valence-electron chi connectivity index (χ1n) is 8.22. The summed E-state index contributed by atoms with van der Waals surface area (Å²) in [6, 6.07) is 17.2. The summed E-state index contributed by atoms with van der Waals surface area (Å²) >= 11 is 0. The number of para-hydroxylation sites is 1. The average Bonchev–Trinajstić information content (AvgIpc) is 3.07. The lowest BCUT2D eigenvalue weighted by molar-refractivity contribution is -0.119. The van der Waals surface area contributed by atoms with Crippen molar-refractivity contribution in [2.24, 2.45) is 0 Å². The number of fused-ring (bicyclic) bond motifs is 2. The maximum absolute atomic E-state index is 12.9. The summed E-state index contributed by atoms with van der Waals surface area (Å²) in [7, 11) is 0. The molecule has 2 aromatic carbocycles. The number of hydrogen-bond donors (Lipinski definition) is 0. The summed E-state index contributed by atoms with van der Waals surface area (Å²) in [6.45, 7) is 2.15. The molecule has 2 unspecified atom stereocenters. The number of carbonyl (C=O) groups is 1. The topological polar surface area (TPSA) is 20.3 Å². The van der Waals surface area contributed by atoms with Gasteiger partial charge in [-0.1, -0.05) is 42.5 Å². The minimum atomic E-state index is 0.277. The highest BCUT2D eigenvalue weighted by atomic mass is 16.2. The van der Waals surface area contributed by atoms with Crippen molar-refractivity contribution in [3.63, 3.8) is 0 Å². The van der Waals surface area contributed by atoms with Gasteiger partial charge in [-0.15, -0.1) is 0 Å². The lowest BCUT2D eigenvalue weighted by Gasteiger charge is -2.24. The second-order valence-electron chi connectivity index (χ2n) is 6.58. The average molecular weight is 291 g/mol. The van der Waals surface area contributed by atoms with Crippen LogP contribution in [0.5, 0.6) is 0 Å². The van der Waals surface area contributed by atoms with Gasteiger partial charge in [0.2, 0.25) is 5.91 Å². The van der Waals surface area contributed by atoms with E-state index in [4.69, 9.17) is 0 Å². The summed E-state index contributed by atoms with van der Waals surface area (Å²) in [5.41, 5.74) is 5.23. The van der Waals surface area contributed by atoms with Gasteiger partial charge in [0, 0.05) is 18.2 Å². The van der Waals surface area contributed by atoms with Crippen molar-refractivity contribution in [2.45, 2.75) is 44.6 Å². The molecular weight excluding hydrogens is 270 g/mol.